The van der Waals surface area contributed by atoms with E-state index >= 15 is 0 Å². The Morgan fingerprint density at radius 1 is 1.31 bits per heavy atom. The van der Waals surface area contributed by atoms with Gasteiger partial charge in [0.1, 0.15) is 5.76 Å². The molecule has 0 fully saturated rings. The van der Waals surface area contributed by atoms with Gasteiger partial charge in [-0.15, -0.1) is 0 Å². The fourth-order valence-electron chi connectivity index (χ4n) is 4.99. The van der Waals surface area contributed by atoms with Crippen molar-refractivity contribution in [2.24, 2.45) is 4.99 Å². The number of benzene rings is 1. The smallest absolute Gasteiger partial charge is 0.258 e. The summed E-state index contributed by atoms with van der Waals surface area (Å²) >= 11 is 0. The third kappa shape index (κ3) is 3.58. The Morgan fingerprint density at radius 3 is 2.94 bits per heavy atom. The summed E-state index contributed by atoms with van der Waals surface area (Å²) in [5.41, 5.74) is 5.71. The van der Waals surface area contributed by atoms with Crippen molar-refractivity contribution >= 4 is 17.8 Å². The van der Waals surface area contributed by atoms with Crippen molar-refractivity contribution in [2.45, 2.75) is 44.8 Å². The molecule has 5 rings (SSSR count). The van der Waals surface area contributed by atoms with Crippen LogP contribution in [0.25, 0.3) is 5.57 Å². The minimum absolute atomic E-state index is 0.0144. The molecule has 2 aliphatic heterocycles. The Kier molecular flexibility index (Phi) is 5.47. The molecule has 1 amide bonds. The maximum atomic E-state index is 13.4. The van der Waals surface area contributed by atoms with Gasteiger partial charge in [-0.2, -0.15) is 0 Å². The average Bonchev–Trinajstić information content (AvgIpc) is 3.41. The van der Waals surface area contributed by atoms with Gasteiger partial charge < -0.3 is 19.6 Å². The molecule has 1 aromatic rings. The second-order valence-corrected chi connectivity index (χ2v) is 8.82. The number of carbonyl (C=O) groups excluding carboxylic acids is 1. The molecule has 0 aromatic heterocycles. The quantitative estimate of drug-likeness (QED) is 0.773. The van der Waals surface area contributed by atoms with E-state index in [4.69, 9.17) is 4.74 Å². The SMILES string of the molecule is COC1=CC(N2Cc3ccc(C4=C(CO)CCC=C4)cc3C2=O)=CCC1N1C=NC(C)C1. The van der Waals surface area contributed by atoms with Gasteiger partial charge in [0, 0.05) is 23.9 Å². The minimum Gasteiger partial charge on any atom is -0.499 e. The molecule has 166 valence electrons. The number of hydrogen-bond donors (Lipinski definition) is 1. The van der Waals surface area contributed by atoms with Crippen molar-refractivity contribution in [3.8, 4) is 0 Å². The molecule has 0 saturated heterocycles. The normalized spacial score (nSPS) is 24.8. The first kappa shape index (κ1) is 20.8. The maximum Gasteiger partial charge on any atom is 0.258 e. The van der Waals surface area contributed by atoms with Crippen LogP contribution in [0.3, 0.4) is 0 Å². The Bertz CT molecular complexity index is 1100. The molecule has 32 heavy (non-hydrogen) atoms. The lowest BCUT2D eigenvalue weighted by molar-refractivity contribution is 0.0828. The summed E-state index contributed by atoms with van der Waals surface area (Å²) in [7, 11) is 1.69. The van der Waals surface area contributed by atoms with Gasteiger partial charge in [0.15, 0.2) is 0 Å². The zero-order valence-electron chi connectivity index (χ0n) is 18.6. The maximum absolute atomic E-state index is 13.4. The number of hydrogen-bond acceptors (Lipinski definition) is 5. The lowest BCUT2D eigenvalue weighted by atomic mass is 9.91. The molecule has 2 aliphatic carbocycles. The number of allylic oxidation sites excluding steroid dienone is 4. The highest BCUT2D eigenvalue weighted by Crippen LogP contribution is 2.35. The van der Waals surface area contributed by atoms with Crippen LogP contribution in [0.15, 0.2) is 64.5 Å². The van der Waals surface area contributed by atoms with E-state index in [1.165, 1.54) is 0 Å². The van der Waals surface area contributed by atoms with Crippen molar-refractivity contribution in [3.05, 3.63) is 76.2 Å². The number of methoxy groups -OCH3 is 1. The fourth-order valence-corrected chi connectivity index (χ4v) is 4.99. The van der Waals surface area contributed by atoms with E-state index in [0.29, 0.717) is 12.6 Å². The monoisotopic (exact) mass is 431 g/mol. The van der Waals surface area contributed by atoms with Crippen LogP contribution in [0.5, 0.6) is 0 Å². The summed E-state index contributed by atoms with van der Waals surface area (Å²) in [6.45, 7) is 3.59. The lowest BCUT2D eigenvalue weighted by Crippen LogP contribution is -2.38. The minimum atomic E-state index is 0.0144. The van der Waals surface area contributed by atoms with Gasteiger partial charge in [-0.3, -0.25) is 9.79 Å². The number of rotatable bonds is 5. The van der Waals surface area contributed by atoms with Gasteiger partial charge in [0.25, 0.3) is 5.91 Å². The molecule has 1 N–H and O–H groups in total. The van der Waals surface area contributed by atoms with Gasteiger partial charge in [0.2, 0.25) is 0 Å². The van der Waals surface area contributed by atoms with Crippen molar-refractivity contribution in [2.75, 3.05) is 20.3 Å². The van der Waals surface area contributed by atoms with Crippen LogP contribution in [0, 0.1) is 0 Å². The van der Waals surface area contributed by atoms with E-state index in [2.05, 4.69) is 41.1 Å². The number of aliphatic imine (C=N–C) groups is 1. The number of amides is 1. The predicted octanol–water partition coefficient (Wildman–Crippen LogP) is 3.66. The number of carbonyl (C=O) groups is 1. The van der Waals surface area contributed by atoms with E-state index in [1.54, 1.807) is 7.11 Å². The molecule has 2 atom stereocenters. The zero-order valence-corrected chi connectivity index (χ0v) is 18.6. The van der Waals surface area contributed by atoms with Crippen molar-refractivity contribution in [3.63, 3.8) is 0 Å². The van der Waals surface area contributed by atoms with E-state index in [-0.39, 0.29) is 18.6 Å². The van der Waals surface area contributed by atoms with E-state index < -0.39 is 0 Å². The Hall–Kier alpha value is -3.12. The number of ether oxygens (including phenoxy) is 1. The third-order valence-corrected chi connectivity index (χ3v) is 6.75. The molecule has 4 aliphatic rings. The summed E-state index contributed by atoms with van der Waals surface area (Å²) in [5, 5.41) is 9.74. The van der Waals surface area contributed by atoms with Gasteiger partial charge >= 0.3 is 0 Å². The highest BCUT2D eigenvalue weighted by Gasteiger charge is 2.34. The van der Waals surface area contributed by atoms with Crippen LogP contribution in [-0.2, 0) is 11.3 Å². The third-order valence-electron chi connectivity index (χ3n) is 6.75. The molecule has 2 heterocycles. The largest absolute Gasteiger partial charge is 0.499 e. The molecule has 0 bridgehead atoms. The van der Waals surface area contributed by atoms with Crippen molar-refractivity contribution < 1.29 is 14.6 Å². The van der Waals surface area contributed by atoms with E-state index in [1.807, 2.05) is 29.4 Å². The standard InChI is InChI=1S/C26H29N3O3/c1-17-13-28(16-27-17)24-10-9-21(12-25(24)32-2)29-14-19-8-7-18(11-23(19)26(29)31)22-6-4-3-5-20(22)15-30/h4,6-9,11-12,16-17,24,30H,3,5,10,13-15H2,1-2H3. The van der Waals surface area contributed by atoms with Crippen LogP contribution < -0.4 is 0 Å². The molecule has 2 unspecified atom stereocenters. The summed E-state index contributed by atoms with van der Waals surface area (Å²) in [4.78, 5) is 21.9. The predicted molar refractivity (Wildman–Crippen MR) is 125 cm³/mol. The van der Waals surface area contributed by atoms with Gasteiger partial charge in [-0.25, -0.2) is 0 Å². The first-order valence-corrected chi connectivity index (χ1v) is 11.3. The molecular formula is C26H29N3O3. The molecule has 0 spiro atoms. The number of aliphatic hydroxyl groups excluding tert-OH is 1. The molecular weight excluding hydrogens is 402 g/mol. The Morgan fingerprint density at radius 2 is 2.19 bits per heavy atom. The molecule has 1 aromatic carbocycles. The van der Waals surface area contributed by atoms with Gasteiger partial charge in [0.05, 0.1) is 38.7 Å². The second-order valence-electron chi connectivity index (χ2n) is 8.82. The van der Waals surface area contributed by atoms with Crippen LogP contribution in [0.4, 0.5) is 0 Å². The molecule has 0 radical (unpaired) electrons. The van der Waals surface area contributed by atoms with Crippen LogP contribution in [0.1, 0.15) is 47.7 Å². The highest BCUT2D eigenvalue weighted by atomic mass is 16.5. The van der Waals surface area contributed by atoms with Gasteiger partial charge in [-0.1, -0.05) is 30.4 Å². The van der Waals surface area contributed by atoms with Crippen LogP contribution in [0.2, 0.25) is 0 Å². The summed E-state index contributed by atoms with van der Waals surface area (Å²) in [6.07, 6.45) is 12.8. The van der Waals surface area contributed by atoms with E-state index in [0.717, 1.165) is 65.1 Å². The van der Waals surface area contributed by atoms with E-state index in [9.17, 15) is 9.90 Å². The van der Waals surface area contributed by atoms with Crippen LogP contribution in [-0.4, -0.2) is 59.5 Å². The first-order chi connectivity index (χ1) is 15.6. The molecule has 0 saturated carbocycles. The summed E-state index contributed by atoms with van der Waals surface area (Å²) in [5.74, 6) is 0.873. The average molecular weight is 432 g/mol. The number of fused-ring (bicyclic) bond motifs is 1. The topological polar surface area (TPSA) is 65.4 Å². The highest BCUT2D eigenvalue weighted by molar-refractivity contribution is 6.01. The zero-order chi connectivity index (χ0) is 22.2. The number of nitrogens with zero attached hydrogens (tertiary/aromatic N) is 3. The first-order valence-electron chi connectivity index (χ1n) is 11.3. The Labute approximate surface area is 188 Å². The summed E-state index contributed by atoms with van der Waals surface area (Å²) < 4.78 is 5.72. The lowest BCUT2D eigenvalue weighted by Gasteiger charge is -2.32. The van der Waals surface area contributed by atoms with Crippen molar-refractivity contribution in [1.82, 2.24) is 9.80 Å². The fraction of sp³-hybridized carbons (Fsp3) is 0.385. The second kappa shape index (κ2) is 8.43. The summed E-state index contributed by atoms with van der Waals surface area (Å²) in [6, 6.07) is 6.50. The number of aliphatic hydroxyl groups is 1. The van der Waals surface area contributed by atoms with Gasteiger partial charge in [-0.05, 0) is 54.5 Å². The Balaban J connectivity index is 1.39. The molecule has 6 heteroatoms. The molecule has 6 nitrogen and oxygen atoms in total. The van der Waals surface area contributed by atoms with Crippen LogP contribution >= 0.6 is 0 Å². The van der Waals surface area contributed by atoms with Crippen molar-refractivity contribution in [1.29, 1.82) is 0 Å².